The Labute approximate surface area is 207 Å². The number of cyclic esters (lactones) is 1. The minimum absolute atomic E-state index is 0.188. The van der Waals surface area contributed by atoms with Crippen LogP contribution in [-0.4, -0.2) is 50.2 Å². The summed E-state index contributed by atoms with van der Waals surface area (Å²) in [6.07, 6.45) is 5.58. The molecule has 34 heavy (non-hydrogen) atoms. The summed E-state index contributed by atoms with van der Waals surface area (Å²) in [5, 5.41) is 5.73. The van der Waals surface area contributed by atoms with E-state index in [0.29, 0.717) is 20.6 Å². The summed E-state index contributed by atoms with van der Waals surface area (Å²) in [6, 6.07) is 8.93. The average molecular weight is 503 g/mol. The van der Waals surface area contributed by atoms with Crippen molar-refractivity contribution in [2.75, 3.05) is 41.3 Å². The maximum Gasteiger partial charge on any atom is 0.414 e. The van der Waals surface area contributed by atoms with Crippen LogP contribution in [-0.2, 0) is 9.53 Å². The Morgan fingerprint density at radius 3 is 2.71 bits per heavy atom. The molecule has 1 unspecified atom stereocenters. The third-order valence-electron chi connectivity index (χ3n) is 5.73. The van der Waals surface area contributed by atoms with E-state index in [0.717, 1.165) is 31.6 Å². The van der Waals surface area contributed by atoms with Gasteiger partial charge in [-0.2, -0.15) is 0 Å². The molecule has 1 aromatic heterocycles. The van der Waals surface area contributed by atoms with Gasteiger partial charge in [-0.05, 0) is 62.6 Å². The third-order valence-corrected chi connectivity index (χ3v) is 6.96. The van der Waals surface area contributed by atoms with Gasteiger partial charge in [-0.25, -0.2) is 4.79 Å². The van der Waals surface area contributed by atoms with Crippen LogP contribution in [0.1, 0.15) is 35.9 Å². The lowest BCUT2D eigenvalue weighted by Gasteiger charge is -2.31. The van der Waals surface area contributed by atoms with Gasteiger partial charge in [-0.1, -0.05) is 17.7 Å². The number of thiophene rings is 1. The van der Waals surface area contributed by atoms with E-state index in [-0.39, 0.29) is 24.9 Å². The summed E-state index contributed by atoms with van der Waals surface area (Å²) in [5.74, 6) is -0.484. The lowest BCUT2D eigenvalue weighted by atomic mass is 10.1. The molecule has 2 saturated heterocycles. The maximum atomic E-state index is 12.6. The van der Waals surface area contributed by atoms with Gasteiger partial charge in [-0.3, -0.25) is 14.5 Å². The Morgan fingerprint density at radius 2 is 2.00 bits per heavy atom. The zero-order chi connectivity index (χ0) is 24.1. The van der Waals surface area contributed by atoms with Gasteiger partial charge in [0.1, 0.15) is 6.10 Å². The highest BCUT2D eigenvalue weighted by Crippen LogP contribution is 2.34. The largest absolute Gasteiger partial charge is 0.442 e. The number of ether oxygens (including phenoxy) is 1. The first kappa shape index (κ1) is 24.1. The molecule has 0 bridgehead atoms. The number of benzene rings is 1. The Morgan fingerprint density at radius 1 is 1.21 bits per heavy atom. The standard InChI is InChI=1S/C24H27ClN4O4S/c1-2-6-22(30)27-18-13-16(7-8-19(18)28-11-4-3-5-12-28)29-15-17(33-24(29)32)14-26-23(31)20-9-10-21(25)34-20/h2,6-10,13,17H,3-5,11-12,14-15H2,1H3,(H,26,31)(H,27,30)/b6-2+. The number of amides is 3. The second kappa shape index (κ2) is 10.9. The number of allylic oxidation sites excluding steroid dienone is 1. The van der Waals surface area contributed by atoms with E-state index in [1.807, 2.05) is 12.1 Å². The molecule has 2 aliphatic rings. The van der Waals surface area contributed by atoms with E-state index >= 15 is 0 Å². The molecule has 8 nitrogen and oxygen atoms in total. The molecule has 1 atom stereocenters. The van der Waals surface area contributed by atoms with Crippen molar-refractivity contribution in [1.29, 1.82) is 0 Å². The Balaban J connectivity index is 1.47. The summed E-state index contributed by atoms with van der Waals surface area (Å²) in [7, 11) is 0. The van der Waals surface area contributed by atoms with Gasteiger partial charge in [0, 0.05) is 18.8 Å². The van der Waals surface area contributed by atoms with Crippen molar-refractivity contribution in [3.8, 4) is 0 Å². The van der Waals surface area contributed by atoms with E-state index < -0.39 is 12.2 Å². The number of hydrogen-bond acceptors (Lipinski definition) is 6. The van der Waals surface area contributed by atoms with E-state index in [1.165, 1.54) is 28.7 Å². The zero-order valence-electron chi connectivity index (χ0n) is 18.9. The van der Waals surface area contributed by atoms with Crippen LogP contribution < -0.4 is 20.4 Å². The van der Waals surface area contributed by atoms with Crippen LogP contribution in [0.25, 0.3) is 0 Å². The van der Waals surface area contributed by atoms with Crippen molar-refractivity contribution < 1.29 is 19.1 Å². The molecular weight excluding hydrogens is 476 g/mol. The second-order valence-corrected chi connectivity index (χ2v) is 9.88. The molecule has 2 aromatic rings. The number of nitrogens with one attached hydrogen (secondary N) is 2. The van der Waals surface area contributed by atoms with E-state index in [4.69, 9.17) is 16.3 Å². The topological polar surface area (TPSA) is 91.0 Å². The van der Waals surface area contributed by atoms with Crippen molar-refractivity contribution >= 4 is 57.9 Å². The van der Waals surface area contributed by atoms with Crippen LogP contribution in [0, 0.1) is 0 Å². The fourth-order valence-electron chi connectivity index (χ4n) is 4.10. The molecular formula is C24H27ClN4O4S. The number of piperidine rings is 1. The van der Waals surface area contributed by atoms with Crippen LogP contribution in [0.2, 0.25) is 4.34 Å². The van der Waals surface area contributed by atoms with Crippen molar-refractivity contribution in [3.05, 3.63) is 51.7 Å². The molecule has 0 saturated carbocycles. The van der Waals surface area contributed by atoms with Crippen molar-refractivity contribution in [3.63, 3.8) is 0 Å². The predicted molar refractivity (Wildman–Crippen MR) is 135 cm³/mol. The van der Waals surface area contributed by atoms with Crippen LogP contribution >= 0.6 is 22.9 Å². The van der Waals surface area contributed by atoms with Gasteiger partial charge < -0.3 is 20.3 Å². The average Bonchev–Trinajstić information content (AvgIpc) is 3.43. The first-order valence-electron chi connectivity index (χ1n) is 11.3. The van der Waals surface area contributed by atoms with Gasteiger partial charge in [0.05, 0.1) is 33.7 Å². The minimum Gasteiger partial charge on any atom is -0.442 e. The molecule has 0 spiro atoms. The molecule has 10 heteroatoms. The number of carbonyl (C=O) groups is 3. The smallest absolute Gasteiger partial charge is 0.414 e. The lowest BCUT2D eigenvalue weighted by Crippen LogP contribution is -2.34. The maximum absolute atomic E-state index is 12.6. The normalized spacial score (nSPS) is 18.3. The number of anilines is 3. The molecule has 4 rings (SSSR count). The highest BCUT2D eigenvalue weighted by Gasteiger charge is 2.33. The number of carbonyl (C=O) groups excluding carboxylic acids is 3. The van der Waals surface area contributed by atoms with Gasteiger partial charge >= 0.3 is 6.09 Å². The van der Waals surface area contributed by atoms with Crippen molar-refractivity contribution in [1.82, 2.24) is 5.32 Å². The first-order valence-corrected chi connectivity index (χ1v) is 12.5. The SMILES string of the molecule is C/C=C/C(=O)Nc1cc(N2CC(CNC(=O)c3ccc(Cl)s3)OC2=O)ccc1N1CCCCC1. The molecule has 3 heterocycles. The first-order chi connectivity index (χ1) is 16.4. The van der Waals surface area contributed by atoms with E-state index in [2.05, 4.69) is 15.5 Å². The Bertz CT molecular complexity index is 1100. The number of halogens is 1. The van der Waals surface area contributed by atoms with Gasteiger partial charge in [0.2, 0.25) is 5.91 Å². The molecule has 2 aliphatic heterocycles. The third kappa shape index (κ3) is 5.71. The van der Waals surface area contributed by atoms with Crippen LogP contribution in [0.4, 0.5) is 21.9 Å². The van der Waals surface area contributed by atoms with Crippen LogP contribution in [0.15, 0.2) is 42.5 Å². The van der Waals surface area contributed by atoms with Crippen LogP contribution in [0.5, 0.6) is 0 Å². The lowest BCUT2D eigenvalue weighted by molar-refractivity contribution is -0.111. The summed E-state index contributed by atoms with van der Waals surface area (Å²) in [5.41, 5.74) is 2.22. The summed E-state index contributed by atoms with van der Waals surface area (Å²) in [4.78, 5) is 41.4. The predicted octanol–water partition coefficient (Wildman–Crippen LogP) is 4.66. The van der Waals surface area contributed by atoms with Crippen LogP contribution in [0.3, 0.4) is 0 Å². The highest BCUT2D eigenvalue weighted by molar-refractivity contribution is 7.18. The number of hydrogen-bond donors (Lipinski definition) is 2. The molecule has 2 N–H and O–H groups in total. The highest BCUT2D eigenvalue weighted by atomic mass is 35.5. The van der Waals surface area contributed by atoms with Gasteiger partial charge in [-0.15, -0.1) is 11.3 Å². The summed E-state index contributed by atoms with van der Waals surface area (Å²) in [6.45, 7) is 4.11. The monoisotopic (exact) mass is 502 g/mol. The summed E-state index contributed by atoms with van der Waals surface area (Å²) >= 11 is 7.08. The molecule has 2 fully saturated rings. The molecule has 0 aliphatic carbocycles. The van der Waals surface area contributed by atoms with Crippen molar-refractivity contribution in [2.45, 2.75) is 32.3 Å². The second-order valence-electron chi connectivity index (χ2n) is 8.17. The quantitative estimate of drug-likeness (QED) is 0.537. The van der Waals surface area contributed by atoms with E-state index in [9.17, 15) is 14.4 Å². The van der Waals surface area contributed by atoms with E-state index in [1.54, 1.807) is 31.2 Å². The fraction of sp³-hybridized carbons (Fsp3) is 0.375. The van der Waals surface area contributed by atoms with Gasteiger partial charge in [0.25, 0.3) is 5.91 Å². The zero-order valence-corrected chi connectivity index (χ0v) is 20.5. The molecule has 1 aromatic carbocycles. The van der Waals surface area contributed by atoms with Crippen molar-refractivity contribution in [2.24, 2.45) is 0 Å². The Kier molecular flexibility index (Phi) is 7.74. The van der Waals surface area contributed by atoms with Gasteiger partial charge in [0.15, 0.2) is 0 Å². The molecule has 0 radical (unpaired) electrons. The molecule has 3 amide bonds. The molecule has 180 valence electrons. The fourth-order valence-corrected chi connectivity index (χ4v) is 5.06. The minimum atomic E-state index is -0.491. The number of nitrogens with zero attached hydrogens (tertiary/aromatic N) is 2. The summed E-state index contributed by atoms with van der Waals surface area (Å²) < 4.78 is 6.00. The Hall–Kier alpha value is -3.04. The number of rotatable bonds is 7.